The molecule has 0 saturated carbocycles. The van der Waals surface area contributed by atoms with E-state index >= 15 is 0 Å². The van der Waals surface area contributed by atoms with Crippen molar-refractivity contribution in [1.82, 2.24) is 4.98 Å². The third-order valence-corrected chi connectivity index (χ3v) is 4.51. The summed E-state index contributed by atoms with van der Waals surface area (Å²) in [5.41, 5.74) is 1.90. The van der Waals surface area contributed by atoms with Gasteiger partial charge >= 0.3 is 5.97 Å². The van der Waals surface area contributed by atoms with E-state index in [0.29, 0.717) is 0 Å². The SMILES string of the molecule is Cc1cc(/C=C/C(=O)O)cnc1N1CCSC(C)(C)C1. The van der Waals surface area contributed by atoms with Gasteiger partial charge in [-0.3, -0.25) is 0 Å². The summed E-state index contributed by atoms with van der Waals surface area (Å²) in [7, 11) is 0. The van der Waals surface area contributed by atoms with E-state index < -0.39 is 5.97 Å². The molecule has 1 aliphatic heterocycles. The third kappa shape index (κ3) is 3.76. The second-order valence-corrected chi connectivity index (χ2v) is 7.41. The fourth-order valence-electron chi connectivity index (χ4n) is 2.38. The molecule has 2 rings (SSSR count). The Morgan fingerprint density at radius 2 is 2.30 bits per heavy atom. The van der Waals surface area contributed by atoms with Gasteiger partial charge in [0.15, 0.2) is 0 Å². The van der Waals surface area contributed by atoms with Crippen molar-refractivity contribution in [2.45, 2.75) is 25.5 Å². The molecule has 4 nitrogen and oxygen atoms in total. The van der Waals surface area contributed by atoms with Crippen LogP contribution in [-0.2, 0) is 4.79 Å². The van der Waals surface area contributed by atoms with E-state index in [4.69, 9.17) is 5.11 Å². The summed E-state index contributed by atoms with van der Waals surface area (Å²) in [6, 6.07) is 1.98. The van der Waals surface area contributed by atoms with Crippen LogP contribution in [0.3, 0.4) is 0 Å². The molecule has 0 atom stereocenters. The van der Waals surface area contributed by atoms with E-state index in [1.165, 1.54) is 0 Å². The molecule has 0 unspecified atom stereocenters. The lowest BCUT2D eigenvalue weighted by molar-refractivity contribution is -0.131. The van der Waals surface area contributed by atoms with Crippen LogP contribution in [0.2, 0.25) is 0 Å². The van der Waals surface area contributed by atoms with Gasteiger partial charge in [0.2, 0.25) is 0 Å². The van der Waals surface area contributed by atoms with Crippen LogP contribution in [0.25, 0.3) is 6.08 Å². The van der Waals surface area contributed by atoms with E-state index in [0.717, 1.165) is 41.9 Å². The third-order valence-electron chi connectivity index (χ3n) is 3.22. The number of carboxylic acid groups (broad SMARTS) is 1. The molecule has 0 spiro atoms. The Kier molecular flexibility index (Phi) is 4.38. The van der Waals surface area contributed by atoms with Gasteiger partial charge in [0.25, 0.3) is 0 Å². The number of carboxylic acids is 1. The number of aryl methyl sites for hydroxylation is 1. The topological polar surface area (TPSA) is 53.4 Å². The van der Waals surface area contributed by atoms with E-state index in [1.54, 1.807) is 12.3 Å². The fourth-order valence-corrected chi connectivity index (χ4v) is 3.49. The Morgan fingerprint density at radius 3 is 2.90 bits per heavy atom. The largest absolute Gasteiger partial charge is 0.478 e. The molecule has 2 heterocycles. The highest BCUT2D eigenvalue weighted by molar-refractivity contribution is 8.00. The highest BCUT2D eigenvalue weighted by Crippen LogP contribution is 2.32. The summed E-state index contributed by atoms with van der Waals surface area (Å²) < 4.78 is 0.244. The first-order chi connectivity index (χ1) is 9.37. The molecule has 20 heavy (non-hydrogen) atoms. The Morgan fingerprint density at radius 1 is 1.55 bits per heavy atom. The molecule has 1 aromatic rings. The van der Waals surface area contributed by atoms with Crippen LogP contribution in [0.15, 0.2) is 18.3 Å². The summed E-state index contributed by atoms with van der Waals surface area (Å²) in [5.74, 6) is 1.17. The zero-order chi connectivity index (χ0) is 14.8. The van der Waals surface area contributed by atoms with Gasteiger partial charge in [-0.05, 0) is 44.0 Å². The number of hydrogen-bond acceptors (Lipinski definition) is 4. The number of aliphatic carboxylic acids is 1. The van der Waals surface area contributed by atoms with E-state index in [1.807, 2.05) is 24.8 Å². The lowest BCUT2D eigenvalue weighted by Gasteiger charge is -2.38. The quantitative estimate of drug-likeness (QED) is 0.868. The lowest BCUT2D eigenvalue weighted by atomic mass is 10.1. The molecule has 1 N–H and O–H groups in total. The molecule has 5 heteroatoms. The van der Waals surface area contributed by atoms with Crippen molar-refractivity contribution in [1.29, 1.82) is 0 Å². The minimum atomic E-state index is -0.943. The van der Waals surface area contributed by atoms with Crippen LogP contribution >= 0.6 is 11.8 Å². The van der Waals surface area contributed by atoms with Gasteiger partial charge < -0.3 is 10.0 Å². The van der Waals surface area contributed by atoms with Crippen molar-refractivity contribution in [2.75, 3.05) is 23.7 Å². The van der Waals surface area contributed by atoms with Crippen molar-refractivity contribution >= 4 is 29.6 Å². The average molecular weight is 292 g/mol. The molecule has 1 saturated heterocycles. The first kappa shape index (κ1) is 14.9. The summed E-state index contributed by atoms with van der Waals surface area (Å²) in [6.45, 7) is 8.52. The highest BCUT2D eigenvalue weighted by Gasteiger charge is 2.28. The number of carbonyl (C=O) groups is 1. The molecule has 0 aliphatic carbocycles. The first-order valence-electron chi connectivity index (χ1n) is 6.64. The maximum Gasteiger partial charge on any atom is 0.328 e. The monoisotopic (exact) mass is 292 g/mol. The van der Waals surface area contributed by atoms with Gasteiger partial charge in [-0.1, -0.05) is 0 Å². The predicted molar refractivity (Wildman–Crippen MR) is 84.4 cm³/mol. The van der Waals surface area contributed by atoms with Gasteiger partial charge in [-0.15, -0.1) is 0 Å². The number of anilines is 1. The number of hydrogen-bond donors (Lipinski definition) is 1. The summed E-state index contributed by atoms with van der Waals surface area (Å²) in [4.78, 5) is 17.4. The van der Waals surface area contributed by atoms with Crippen molar-refractivity contribution in [2.24, 2.45) is 0 Å². The van der Waals surface area contributed by atoms with Crippen LogP contribution in [0, 0.1) is 6.92 Å². The second-order valence-electron chi connectivity index (χ2n) is 5.61. The molecular formula is C15H20N2O2S. The average Bonchev–Trinajstić information content (AvgIpc) is 2.35. The number of pyridine rings is 1. The van der Waals surface area contributed by atoms with E-state index in [-0.39, 0.29) is 4.75 Å². The van der Waals surface area contributed by atoms with Crippen molar-refractivity contribution in [3.8, 4) is 0 Å². The number of aromatic nitrogens is 1. The minimum Gasteiger partial charge on any atom is -0.478 e. The van der Waals surface area contributed by atoms with Crippen LogP contribution in [0.5, 0.6) is 0 Å². The van der Waals surface area contributed by atoms with Gasteiger partial charge in [-0.25, -0.2) is 9.78 Å². The molecule has 0 radical (unpaired) electrons. The molecule has 0 bridgehead atoms. The second kappa shape index (κ2) is 5.87. The first-order valence-corrected chi connectivity index (χ1v) is 7.62. The van der Waals surface area contributed by atoms with E-state index in [2.05, 4.69) is 23.7 Å². The predicted octanol–water partition coefficient (Wildman–Crippen LogP) is 2.82. The molecule has 0 aromatic carbocycles. The van der Waals surface area contributed by atoms with Crippen LogP contribution in [0.4, 0.5) is 5.82 Å². The van der Waals surface area contributed by atoms with Crippen LogP contribution in [-0.4, -0.2) is 39.6 Å². The van der Waals surface area contributed by atoms with Gasteiger partial charge in [0.1, 0.15) is 5.82 Å². The Bertz CT molecular complexity index is 541. The lowest BCUT2D eigenvalue weighted by Crippen LogP contribution is -2.43. The number of rotatable bonds is 3. The maximum atomic E-state index is 10.5. The molecule has 1 aliphatic rings. The molecular weight excluding hydrogens is 272 g/mol. The summed E-state index contributed by atoms with van der Waals surface area (Å²) in [6.07, 6.45) is 4.44. The smallest absolute Gasteiger partial charge is 0.328 e. The van der Waals surface area contributed by atoms with Crippen molar-refractivity contribution in [3.63, 3.8) is 0 Å². The standard InChI is InChI=1S/C15H20N2O2S/c1-11-8-12(4-5-13(18)19)9-16-14(11)17-6-7-20-15(2,3)10-17/h4-5,8-9H,6-7,10H2,1-3H3,(H,18,19)/b5-4+. The zero-order valence-electron chi connectivity index (χ0n) is 12.1. The Labute approximate surface area is 123 Å². The van der Waals surface area contributed by atoms with Gasteiger partial charge in [0.05, 0.1) is 0 Å². The van der Waals surface area contributed by atoms with Crippen molar-refractivity contribution in [3.05, 3.63) is 29.5 Å². The highest BCUT2D eigenvalue weighted by atomic mass is 32.2. The molecule has 1 fully saturated rings. The van der Waals surface area contributed by atoms with E-state index in [9.17, 15) is 4.79 Å². The molecule has 0 amide bonds. The van der Waals surface area contributed by atoms with Crippen LogP contribution in [0.1, 0.15) is 25.0 Å². The van der Waals surface area contributed by atoms with Gasteiger partial charge in [-0.2, -0.15) is 11.8 Å². The number of thioether (sulfide) groups is 1. The molecule has 108 valence electrons. The normalized spacial score (nSPS) is 18.4. The van der Waals surface area contributed by atoms with Crippen molar-refractivity contribution < 1.29 is 9.90 Å². The maximum absolute atomic E-state index is 10.5. The minimum absolute atomic E-state index is 0.244. The number of nitrogens with zero attached hydrogens (tertiary/aromatic N) is 2. The summed E-state index contributed by atoms with van der Waals surface area (Å²) in [5, 5.41) is 8.64. The zero-order valence-corrected chi connectivity index (χ0v) is 12.9. The van der Waals surface area contributed by atoms with Crippen LogP contribution < -0.4 is 4.90 Å². The summed E-state index contributed by atoms with van der Waals surface area (Å²) >= 11 is 1.99. The Hall–Kier alpha value is -1.49. The van der Waals surface area contributed by atoms with Gasteiger partial charge in [0, 0.05) is 35.9 Å². The Balaban J connectivity index is 2.19. The fraction of sp³-hybridized carbons (Fsp3) is 0.467. The molecule has 1 aromatic heterocycles.